The van der Waals surface area contributed by atoms with E-state index in [2.05, 4.69) is 5.32 Å². The fraction of sp³-hybridized carbons (Fsp3) is 0.250. The average molecular weight is 279 g/mol. The monoisotopic (exact) mass is 279 g/mol. The Morgan fingerprint density at radius 1 is 0.950 bits per heavy atom. The molecule has 0 aliphatic rings. The lowest BCUT2D eigenvalue weighted by Crippen LogP contribution is -2.22. The van der Waals surface area contributed by atoms with Gasteiger partial charge in [-0.2, -0.15) is 0 Å². The fourth-order valence-corrected chi connectivity index (χ4v) is 2.04. The highest BCUT2D eigenvalue weighted by Crippen LogP contribution is 2.17. The van der Waals surface area contributed by atoms with E-state index in [1.165, 1.54) is 18.2 Å². The standard InChI is InChI=1S/C16H16F3N/c1-11(15-10-14(18)6-7-16(15)19)20-9-8-12-2-4-13(17)5-3-12/h2-7,10-11,20H,8-9H2,1H3. The van der Waals surface area contributed by atoms with Crippen molar-refractivity contribution in [3.8, 4) is 0 Å². The molecule has 2 aromatic carbocycles. The number of benzene rings is 2. The van der Waals surface area contributed by atoms with E-state index in [0.717, 1.165) is 17.7 Å². The predicted molar refractivity (Wildman–Crippen MR) is 72.9 cm³/mol. The molecule has 1 atom stereocenters. The van der Waals surface area contributed by atoms with Crippen LogP contribution in [0.15, 0.2) is 42.5 Å². The van der Waals surface area contributed by atoms with Crippen LogP contribution in [0, 0.1) is 17.5 Å². The molecule has 2 aromatic rings. The molecule has 1 nitrogen and oxygen atoms in total. The van der Waals surface area contributed by atoms with E-state index in [1.807, 2.05) is 0 Å². The second kappa shape index (κ2) is 6.57. The molecule has 0 fully saturated rings. The van der Waals surface area contributed by atoms with E-state index in [1.54, 1.807) is 19.1 Å². The third kappa shape index (κ3) is 3.84. The largest absolute Gasteiger partial charge is 0.310 e. The summed E-state index contributed by atoms with van der Waals surface area (Å²) in [4.78, 5) is 0. The first kappa shape index (κ1) is 14.6. The van der Waals surface area contributed by atoms with Gasteiger partial charge in [0, 0.05) is 11.6 Å². The Morgan fingerprint density at radius 3 is 2.30 bits per heavy atom. The number of hydrogen-bond donors (Lipinski definition) is 1. The Morgan fingerprint density at radius 2 is 1.60 bits per heavy atom. The van der Waals surface area contributed by atoms with Gasteiger partial charge < -0.3 is 5.32 Å². The molecule has 0 spiro atoms. The van der Waals surface area contributed by atoms with Crippen LogP contribution in [-0.2, 0) is 6.42 Å². The van der Waals surface area contributed by atoms with Gasteiger partial charge in [-0.05, 0) is 55.8 Å². The third-order valence-corrected chi connectivity index (χ3v) is 3.20. The summed E-state index contributed by atoms with van der Waals surface area (Å²) in [6.45, 7) is 2.38. The lowest BCUT2D eigenvalue weighted by Gasteiger charge is -2.15. The van der Waals surface area contributed by atoms with Gasteiger partial charge >= 0.3 is 0 Å². The van der Waals surface area contributed by atoms with Gasteiger partial charge in [0.05, 0.1) is 0 Å². The summed E-state index contributed by atoms with van der Waals surface area (Å²) in [6, 6.07) is 9.38. The lowest BCUT2D eigenvalue weighted by molar-refractivity contribution is 0.521. The van der Waals surface area contributed by atoms with Crippen molar-refractivity contribution in [2.45, 2.75) is 19.4 Å². The van der Waals surface area contributed by atoms with Crippen molar-refractivity contribution in [1.29, 1.82) is 0 Å². The molecule has 0 aliphatic heterocycles. The normalized spacial score (nSPS) is 12.4. The van der Waals surface area contributed by atoms with E-state index in [0.29, 0.717) is 18.5 Å². The maximum absolute atomic E-state index is 13.6. The minimum atomic E-state index is -0.450. The summed E-state index contributed by atoms with van der Waals surface area (Å²) in [5.74, 6) is -1.14. The number of nitrogens with one attached hydrogen (secondary N) is 1. The Kier molecular flexibility index (Phi) is 4.79. The Hall–Kier alpha value is -1.81. The zero-order valence-electron chi connectivity index (χ0n) is 11.2. The van der Waals surface area contributed by atoms with Crippen molar-refractivity contribution < 1.29 is 13.2 Å². The first-order chi connectivity index (χ1) is 9.56. The molecule has 0 heterocycles. The second-order valence-electron chi connectivity index (χ2n) is 4.72. The summed E-state index contributed by atoms with van der Waals surface area (Å²) in [6.07, 6.45) is 0.696. The molecule has 0 aromatic heterocycles. The van der Waals surface area contributed by atoms with E-state index in [4.69, 9.17) is 0 Å². The van der Waals surface area contributed by atoms with Crippen molar-refractivity contribution in [2.24, 2.45) is 0 Å². The summed E-state index contributed by atoms with van der Waals surface area (Å²) in [5.41, 5.74) is 1.30. The zero-order chi connectivity index (χ0) is 14.5. The average Bonchev–Trinajstić information content (AvgIpc) is 2.43. The number of halogens is 3. The Balaban J connectivity index is 1.90. The first-order valence-electron chi connectivity index (χ1n) is 6.49. The first-order valence-corrected chi connectivity index (χ1v) is 6.49. The molecule has 0 radical (unpaired) electrons. The van der Waals surface area contributed by atoms with Crippen LogP contribution < -0.4 is 5.32 Å². The van der Waals surface area contributed by atoms with Crippen LogP contribution in [0.4, 0.5) is 13.2 Å². The zero-order valence-corrected chi connectivity index (χ0v) is 11.2. The number of hydrogen-bond acceptors (Lipinski definition) is 1. The smallest absolute Gasteiger partial charge is 0.128 e. The van der Waals surface area contributed by atoms with Crippen LogP contribution >= 0.6 is 0 Å². The molecule has 0 saturated heterocycles. The molecule has 2 rings (SSSR count). The maximum atomic E-state index is 13.6. The molecule has 4 heteroatoms. The minimum Gasteiger partial charge on any atom is -0.310 e. The van der Waals surface area contributed by atoms with Crippen LogP contribution in [0.1, 0.15) is 24.1 Å². The van der Waals surface area contributed by atoms with Crippen LogP contribution in [0.3, 0.4) is 0 Å². The Labute approximate surface area is 116 Å². The highest BCUT2D eigenvalue weighted by Gasteiger charge is 2.11. The van der Waals surface area contributed by atoms with Gasteiger partial charge in [-0.1, -0.05) is 12.1 Å². The van der Waals surface area contributed by atoms with Crippen molar-refractivity contribution in [2.75, 3.05) is 6.54 Å². The third-order valence-electron chi connectivity index (χ3n) is 3.20. The molecular weight excluding hydrogens is 263 g/mol. The quantitative estimate of drug-likeness (QED) is 0.872. The molecule has 20 heavy (non-hydrogen) atoms. The van der Waals surface area contributed by atoms with E-state index in [-0.39, 0.29) is 11.9 Å². The summed E-state index contributed by atoms with van der Waals surface area (Å²) >= 11 is 0. The summed E-state index contributed by atoms with van der Waals surface area (Å²) in [7, 11) is 0. The molecule has 0 saturated carbocycles. The van der Waals surface area contributed by atoms with E-state index >= 15 is 0 Å². The van der Waals surface area contributed by atoms with Gasteiger partial charge in [0.15, 0.2) is 0 Å². The van der Waals surface area contributed by atoms with Crippen LogP contribution in [-0.4, -0.2) is 6.54 Å². The fourth-order valence-electron chi connectivity index (χ4n) is 2.04. The van der Waals surface area contributed by atoms with Crippen LogP contribution in [0.2, 0.25) is 0 Å². The van der Waals surface area contributed by atoms with Gasteiger partial charge in [-0.25, -0.2) is 13.2 Å². The lowest BCUT2D eigenvalue weighted by atomic mass is 10.1. The highest BCUT2D eigenvalue weighted by atomic mass is 19.1. The molecular formula is C16H16F3N. The summed E-state index contributed by atoms with van der Waals surface area (Å²) < 4.78 is 39.4. The molecule has 0 bridgehead atoms. The van der Waals surface area contributed by atoms with Crippen molar-refractivity contribution in [3.05, 3.63) is 71.0 Å². The van der Waals surface area contributed by atoms with E-state index in [9.17, 15) is 13.2 Å². The summed E-state index contributed by atoms with van der Waals surface area (Å²) in [5, 5.41) is 3.13. The topological polar surface area (TPSA) is 12.0 Å². The van der Waals surface area contributed by atoms with Crippen molar-refractivity contribution in [3.63, 3.8) is 0 Å². The molecule has 1 N–H and O–H groups in total. The predicted octanol–water partition coefficient (Wildman–Crippen LogP) is 4.00. The SMILES string of the molecule is CC(NCCc1ccc(F)cc1)c1cc(F)ccc1F. The highest BCUT2D eigenvalue weighted by molar-refractivity contribution is 5.22. The van der Waals surface area contributed by atoms with Gasteiger partial charge in [0.1, 0.15) is 17.5 Å². The van der Waals surface area contributed by atoms with Gasteiger partial charge in [-0.3, -0.25) is 0 Å². The van der Waals surface area contributed by atoms with Crippen LogP contribution in [0.5, 0.6) is 0 Å². The van der Waals surface area contributed by atoms with Gasteiger partial charge in [0.25, 0.3) is 0 Å². The van der Waals surface area contributed by atoms with Gasteiger partial charge in [0.2, 0.25) is 0 Å². The van der Waals surface area contributed by atoms with Gasteiger partial charge in [-0.15, -0.1) is 0 Å². The minimum absolute atomic E-state index is 0.267. The second-order valence-corrected chi connectivity index (χ2v) is 4.72. The van der Waals surface area contributed by atoms with Crippen molar-refractivity contribution >= 4 is 0 Å². The van der Waals surface area contributed by atoms with Crippen molar-refractivity contribution in [1.82, 2.24) is 5.32 Å². The molecule has 0 amide bonds. The molecule has 1 unspecified atom stereocenters. The maximum Gasteiger partial charge on any atom is 0.128 e. The van der Waals surface area contributed by atoms with E-state index < -0.39 is 11.6 Å². The van der Waals surface area contributed by atoms with Crippen LogP contribution in [0.25, 0.3) is 0 Å². The molecule has 0 aliphatic carbocycles. The number of rotatable bonds is 5. The Bertz CT molecular complexity index is 566. The molecule has 106 valence electrons.